The highest BCUT2D eigenvalue weighted by Gasteiger charge is 2.33. The maximum absolute atomic E-state index is 12.8. The van der Waals surface area contributed by atoms with Crippen LogP contribution in [0.4, 0.5) is 13.2 Å². The van der Waals surface area contributed by atoms with Gasteiger partial charge in [-0.25, -0.2) is 0 Å². The minimum absolute atomic E-state index is 0.175. The lowest BCUT2D eigenvalue weighted by atomic mass is 10.2. The quantitative estimate of drug-likeness (QED) is 0.187. The number of unbranched alkanes of at least 4 members (excludes halogenated alkanes) is 3. The Labute approximate surface area is 197 Å². The van der Waals surface area contributed by atoms with Gasteiger partial charge in [-0.15, -0.1) is 34.4 Å². The average Bonchev–Trinajstić information content (AvgIpc) is 3.53. The molecule has 0 aromatic carbocycles. The molecule has 168 valence electrons. The third kappa shape index (κ3) is 5.63. The summed E-state index contributed by atoms with van der Waals surface area (Å²) in [5.74, 6) is 1.16. The summed E-state index contributed by atoms with van der Waals surface area (Å²) < 4.78 is 39.6. The number of hydrogen-bond acceptors (Lipinski definition) is 5. The molecular formula is C23H22F3N3S3. The fourth-order valence-electron chi connectivity index (χ4n) is 3.15. The van der Waals surface area contributed by atoms with Gasteiger partial charge < -0.3 is 0 Å². The van der Waals surface area contributed by atoms with Crippen LogP contribution in [0.2, 0.25) is 0 Å². The Bertz CT molecular complexity index is 1140. The minimum Gasteiger partial charge on any atom is -0.273 e. The number of aromatic amines is 1. The van der Waals surface area contributed by atoms with Crippen LogP contribution in [-0.2, 0) is 6.18 Å². The van der Waals surface area contributed by atoms with Gasteiger partial charge in [0.15, 0.2) is 0 Å². The highest BCUT2D eigenvalue weighted by atomic mass is 32.2. The normalized spacial score (nSPS) is 11.9. The van der Waals surface area contributed by atoms with Gasteiger partial charge in [-0.2, -0.15) is 18.3 Å². The first-order valence-electron chi connectivity index (χ1n) is 10.4. The highest BCUT2D eigenvalue weighted by molar-refractivity contribution is 8.01. The van der Waals surface area contributed by atoms with Gasteiger partial charge in [-0.3, -0.25) is 10.1 Å². The number of aromatic nitrogens is 3. The molecule has 9 heteroatoms. The second kappa shape index (κ2) is 10.2. The van der Waals surface area contributed by atoms with Gasteiger partial charge in [0.25, 0.3) is 0 Å². The van der Waals surface area contributed by atoms with Crippen molar-refractivity contribution in [3.8, 4) is 31.6 Å². The minimum atomic E-state index is -4.45. The number of hydrogen-bond donors (Lipinski definition) is 1. The Morgan fingerprint density at radius 3 is 2.41 bits per heavy atom. The first-order valence-corrected chi connectivity index (χ1v) is 13.0. The topological polar surface area (TPSA) is 41.6 Å². The standard InChI is InChI=1S/C23H22F3N3S3/c1-2-3-4-5-12-30-22-11-10-20(32-22)19-9-8-18(31-19)15-6-7-16(27-14-15)17-13-21(29-28-17)23(24,25)26/h6-11,13-14H,2-5,12H2,1H3,(H,28,29). The van der Waals surface area contributed by atoms with E-state index in [1.807, 2.05) is 34.3 Å². The lowest BCUT2D eigenvalue weighted by molar-refractivity contribution is -0.141. The van der Waals surface area contributed by atoms with E-state index in [1.54, 1.807) is 23.6 Å². The summed E-state index contributed by atoms with van der Waals surface area (Å²) in [7, 11) is 0. The van der Waals surface area contributed by atoms with E-state index in [0.717, 1.165) is 22.3 Å². The molecule has 0 unspecified atom stereocenters. The number of alkyl halides is 3. The number of halogens is 3. The molecule has 0 amide bonds. The molecule has 3 nitrogen and oxygen atoms in total. The van der Waals surface area contributed by atoms with Crippen LogP contribution in [0.1, 0.15) is 38.3 Å². The summed E-state index contributed by atoms with van der Waals surface area (Å²) in [5.41, 5.74) is 0.625. The predicted octanol–water partition coefficient (Wildman–Crippen LogP) is 8.62. The van der Waals surface area contributed by atoms with Crippen LogP contribution in [0, 0.1) is 0 Å². The molecule has 4 rings (SSSR count). The second-order valence-corrected chi connectivity index (χ2v) is 10.9. The molecule has 32 heavy (non-hydrogen) atoms. The summed E-state index contributed by atoms with van der Waals surface area (Å²) in [6.07, 6.45) is 2.35. The Kier molecular flexibility index (Phi) is 7.37. The molecule has 0 spiro atoms. The zero-order chi connectivity index (χ0) is 22.6. The van der Waals surface area contributed by atoms with Crippen molar-refractivity contribution in [3.05, 3.63) is 54.4 Å². The van der Waals surface area contributed by atoms with Gasteiger partial charge in [-0.1, -0.05) is 26.2 Å². The fourth-order valence-corrected chi connectivity index (χ4v) is 6.44. The first-order chi connectivity index (χ1) is 15.4. The molecule has 4 heterocycles. The number of nitrogens with one attached hydrogen (secondary N) is 1. The highest BCUT2D eigenvalue weighted by Crippen LogP contribution is 2.40. The van der Waals surface area contributed by atoms with Gasteiger partial charge in [0, 0.05) is 26.4 Å². The molecule has 0 saturated heterocycles. The van der Waals surface area contributed by atoms with Crippen LogP contribution in [-0.4, -0.2) is 20.9 Å². The Balaban J connectivity index is 1.41. The summed E-state index contributed by atoms with van der Waals surface area (Å²) in [5, 5.41) is 5.75. The Morgan fingerprint density at radius 2 is 1.69 bits per heavy atom. The number of rotatable bonds is 9. The maximum atomic E-state index is 12.8. The van der Waals surface area contributed by atoms with Gasteiger partial charge >= 0.3 is 6.18 Å². The van der Waals surface area contributed by atoms with Crippen molar-refractivity contribution in [2.24, 2.45) is 0 Å². The van der Waals surface area contributed by atoms with Crippen molar-refractivity contribution in [2.45, 2.75) is 43.0 Å². The molecule has 0 fully saturated rings. The zero-order valence-electron chi connectivity index (χ0n) is 17.4. The average molecular weight is 494 g/mol. The third-order valence-corrected chi connectivity index (χ3v) is 8.59. The molecule has 4 aromatic rings. The maximum Gasteiger partial charge on any atom is 0.432 e. The summed E-state index contributed by atoms with van der Waals surface area (Å²) >= 11 is 5.43. The van der Waals surface area contributed by atoms with E-state index >= 15 is 0 Å². The van der Waals surface area contributed by atoms with Gasteiger partial charge in [0.1, 0.15) is 11.4 Å². The van der Waals surface area contributed by atoms with Gasteiger partial charge in [0.2, 0.25) is 0 Å². The summed E-state index contributed by atoms with van der Waals surface area (Å²) in [4.78, 5) is 7.84. The summed E-state index contributed by atoms with van der Waals surface area (Å²) in [6, 6.07) is 13.1. The molecule has 0 atom stereocenters. The van der Waals surface area contributed by atoms with E-state index in [4.69, 9.17) is 0 Å². The van der Waals surface area contributed by atoms with Crippen LogP contribution in [0.3, 0.4) is 0 Å². The van der Waals surface area contributed by atoms with Crippen molar-refractivity contribution < 1.29 is 13.2 Å². The molecule has 1 N–H and O–H groups in total. The summed E-state index contributed by atoms with van der Waals surface area (Å²) in [6.45, 7) is 2.23. The predicted molar refractivity (Wildman–Crippen MR) is 128 cm³/mol. The van der Waals surface area contributed by atoms with Crippen molar-refractivity contribution in [2.75, 3.05) is 5.75 Å². The van der Waals surface area contributed by atoms with E-state index in [-0.39, 0.29) is 5.69 Å². The molecule has 0 aliphatic carbocycles. The van der Waals surface area contributed by atoms with Gasteiger partial charge in [-0.05, 0) is 54.6 Å². The smallest absolute Gasteiger partial charge is 0.273 e. The number of nitrogens with zero attached hydrogens (tertiary/aromatic N) is 2. The van der Waals surface area contributed by atoms with E-state index in [1.165, 1.54) is 39.6 Å². The van der Waals surface area contributed by atoms with Gasteiger partial charge in [0.05, 0.1) is 9.90 Å². The molecule has 0 aliphatic rings. The molecule has 4 aromatic heterocycles. The molecule has 0 radical (unpaired) electrons. The van der Waals surface area contributed by atoms with E-state index < -0.39 is 11.9 Å². The van der Waals surface area contributed by atoms with Crippen molar-refractivity contribution in [3.63, 3.8) is 0 Å². The van der Waals surface area contributed by atoms with Crippen LogP contribution < -0.4 is 0 Å². The largest absolute Gasteiger partial charge is 0.432 e. The van der Waals surface area contributed by atoms with Crippen molar-refractivity contribution in [1.29, 1.82) is 0 Å². The molecular weight excluding hydrogens is 471 g/mol. The van der Waals surface area contributed by atoms with Crippen LogP contribution in [0.15, 0.2) is 52.9 Å². The van der Waals surface area contributed by atoms with E-state index in [2.05, 4.69) is 41.3 Å². The lowest BCUT2D eigenvalue weighted by Crippen LogP contribution is -2.04. The number of thioether (sulfide) groups is 1. The Hall–Kier alpha value is -2.10. The number of pyridine rings is 1. The zero-order valence-corrected chi connectivity index (χ0v) is 19.9. The van der Waals surface area contributed by atoms with E-state index in [9.17, 15) is 13.2 Å². The van der Waals surface area contributed by atoms with E-state index in [0.29, 0.717) is 5.69 Å². The van der Waals surface area contributed by atoms with Crippen LogP contribution in [0.25, 0.3) is 31.6 Å². The number of H-pyrrole nitrogens is 1. The monoisotopic (exact) mass is 493 g/mol. The fraction of sp³-hybridized carbons (Fsp3) is 0.304. The lowest BCUT2D eigenvalue weighted by Gasteiger charge is -2.00. The second-order valence-electron chi connectivity index (χ2n) is 7.29. The molecule has 0 bridgehead atoms. The van der Waals surface area contributed by atoms with Crippen LogP contribution in [0.5, 0.6) is 0 Å². The molecule has 0 aliphatic heterocycles. The van der Waals surface area contributed by atoms with Crippen molar-refractivity contribution >= 4 is 34.4 Å². The van der Waals surface area contributed by atoms with Crippen LogP contribution >= 0.6 is 34.4 Å². The SMILES string of the molecule is CCCCCCSc1ccc(-c2ccc(-c3ccc(-c4cc(C(F)(F)F)[nH]n4)nc3)s2)s1. The molecule has 0 saturated carbocycles. The number of thiophene rings is 2. The van der Waals surface area contributed by atoms with Crippen molar-refractivity contribution in [1.82, 2.24) is 15.2 Å². The first kappa shape index (κ1) is 23.1. The third-order valence-electron chi connectivity index (χ3n) is 4.87. The Morgan fingerprint density at radius 1 is 0.906 bits per heavy atom.